The standard InChI is InChI=1S/C16H25BrN2O3S/c1-11(2)6-5-7-12(3)19-16(20)14-10-13(8-9-15(14)17)23(21,22)18-4/h8-12,18H,5-7H2,1-4H3,(H,19,20)/t12-/m0/s1. The number of sulfonamides is 1. The van der Waals surface area contributed by atoms with E-state index >= 15 is 0 Å². The molecule has 7 heteroatoms. The van der Waals surface area contributed by atoms with Gasteiger partial charge in [-0.3, -0.25) is 4.79 Å². The monoisotopic (exact) mass is 404 g/mol. The van der Waals surface area contributed by atoms with Gasteiger partial charge >= 0.3 is 0 Å². The van der Waals surface area contributed by atoms with E-state index in [0.717, 1.165) is 19.3 Å². The topological polar surface area (TPSA) is 75.3 Å². The lowest BCUT2D eigenvalue weighted by Gasteiger charge is -2.15. The van der Waals surface area contributed by atoms with Crippen LogP contribution in [-0.4, -0.2) is 27.4 Å². The third-order valence-electron chi connectivity index (χ3n) is 3.56. The Bertz CT molecular complexity index is 645. The van der Waals surface area contributed by atoms with E-state index in [1.807, 2.05) is 6.92 Å². The highest BCUT2D eigenvalue weighted by Gasteiger charge is 2.18. The molecular weight excluding hydrogens is 380 g/mol. The van der Waals surface area contributed by atoms with Crippen LogP contribution in [-0.2, 0) is 10.0 Å². The van der Waals surface area contributed by atoms with Crippen molar-refractivity contribution in [2.75, 3.05) is 7.05 Å². The first-order valence-corrected chi connectivity index (χ1v) is 9.99. The van der Waals surface area contributed by atoms with Gasteiger partial charge in [0.1, 0.15) is 0 Å². The molecule has 0 heterocycles. The zero-order valence-corrected chi connectivity index (χ0v) is 16.4. The van der Waals surface area contributed by atoms with Crippen LogP contribution in [0.3, 0.4) is 0 Å². The number of carbonyl (C=O) groups excluding carboxylic acids is 1. The number of halogens is 1. The maximum absolute atomic E-state index is 12.4. The molecule has 23 heavy (non-hydrogen) atoms. The molecule has 0 aliphatic carbocycles. The van der Waals surface area contributed by atoms with Crippen LogP contribution in [0.15, 0.2) is 27.6 Å². The SMILES string of the molecule is CNS(=O)(=O)c1ccc(Br)c(C(=O)N[C@@H](C)CCCC(C)C)c1. The summed E-state index contributed by atoms with van der Waals surface area (Å²) < 4.78 is 26.5. The van der Waals surface area contributed by atoms with E-state index < -0.39 is 10.0 Å². The van der Waals surface area contributed by atoms with Gasteiger partial charge < -0.3 is 5.32 Å². The summed E-state index contributed by atoms with van der Waals surface area (Å²) in [4.78, 5) is 12.5. The molecule has 0 aliphatic heterocycles. The fourth-order valence-electron chi connectivity index (χ4n) is 2.17. The van der Waals surface area contributed by atoms with Crippen LogP contribution in [0, 0.1) is 5.92 Å². The highest BCUT2D eigenvalue weighted by molar-refractivity contribution is 9.10. The molecule has 0 radical (unpaired) electrons. The first-order valence-electron chi connectivity index (χ1n) is 7.71. The Morgan fingerprint density at radius 1 is 1.22 bits per heavy atom. The molecule has 1 aromatic carbocycles. The van der Waals surface area contributed by atoms with Crippen molar-refractivity contribution in [2.24, 2.45) is 5.92 Å². The van der Waals surface area contributed by atoms with Gasteiger partial charge in [0.2, 0.25) is 10.0 Å². The van der Waals surface area contributed by atoms with Gasteiger partial charge in [-0.15, -0.1) is 0 Å². The number of hydrogen-bond donors (Lipinski definition) is 2. The van der Waals surface area contributed by atoms with Crippen molar-refractivity contribution >= 4 is 31.9 Å². The molecule has 130 valence electrons. The highest BCUT2D eigenvalue weighted by atomic mass is 79.9. The molecule has 1 rings (SSSR count). The first kappa shape index (κ1) is 20.1. The molecule has 1 aromatic rings. The van der Waals surface area contributed by atoms with Gasteiger partial charge in [0.25, 0.3) is 5.91 Å². The van der Waals surface area contributed by atoms with Crippen molar-refractivity contribution in [2.45, 2.75) is 51.0 Å². The van der Waals surface area contributed by atoms with Crippen LogP contribution in [0.2, 0.25) is 0 Å². The molecule has 0 saturated heterocycles. The minimum absolute atomic E-state index is 0.0395. The van der Waals surface area contributed by atoms with Crippen molar-refractivity contribution in [3.05, 3.63) is 28.2 Å². The zero-order chi connectivity index (χ0) is 17.6. The molecular formula is C16H25BrN2O3S. The first-order chi connectivity index (χ1) is 10.7. The second-order valence-corrected chi connectivity index (χ2v) is 8.79. The Labute approximate surface area is 147 Å². The summed E-state index contributed by atoms with van der Waals surface area (Å²) in [6, 6.07) is 4.45. The highest BCUT2D eigenvalue weighted by Crippen LogP contribution is 2.21. The molecule has 0 spiro atoms. The molecule has 0 saturated carbocycles. The number of nitrogens with one attached hydrogen (secondary N) is 2. The van der Waals surface area contributed by atoms with Crippen molar-refractivity contribution in [3.63, 3.8) is 0 Å². The Morgan fingerprint density at radius 3 is 2.43 bits per heavy atom. The predicted molar refractivity (Wildman–Crippen MR) is 96.0 cm³/mol. The van der Waals surface area contributed by atoms with Crippen molar-refractivity contribution in [3.8, 4) is 0 Å². The van der Waals surface area contributed by atoms with Crippen LogP contribution in [0.25, 0.3) is 0 Å². The van der Waals surface area contributed by atoms with E-state index in [1.54, 1.807) is 6.07 Å². The normalized spacial score (nSPS) is 13.1. The molecule has 1 atom stereocenters. The van der Waals surface area contributed by atoms with Gasteiger partial charge in [0.05, 0.1) is 10.5 Å². The fourth-order valence-corrected chi connectivity index (χ4v) is 3.35. The number of carbonyl (C=O) groups is 1. The van der Waals surface area contributed by atoms with Crippen LogP contribution in [0.5, 0.6) is 0 Å². The number of rotatable bonds is 8. The fraction of sp³-hybridized carbons (Fsp3) is 0.562. The number of benzene rings is 1. The number of hydrogen-bond acceptors (Lipinski definition) is 3. The molecule has 0 fully saturated rings. The minimum Gasteiger partial charge on any atom is -0.350 e. The molecule has 0 aromatic heterocycles. The minimum atomic E-state index is -3.57. The molecule has 0 unspecified atom stereocenters. The van der Waals surface area contributed by atoms with E-state index in [0.29, 0.717) is 16.0 Å². The lowest BCUT2D eigenvalue weighted by molar-refractivity contribution is 0.0937. The lowest BCUT2D eigenvalue weighted by Crippen LogP contribution is -2.33. The summed E-state index contributed by atoms with van der Waals surface area (Å²) in [5.41, 5.74) is 0.317. The molecule has 5 nitrogen and oxygen atoms in total. The van der Waals surface area contributed by atoms with Gasteiger partial charge in [-0.05, 0) is 60.4 Å². The average molecular weight is 405 g/mol. The molecule has 0 bridgehead atoms. The molecule has 1 amide bonds. The Hall–Kier alpha value is -0.920. The second kappa shape index (κ2) is 8.80. The summed E-state index contributed by atoms with van der Waals surface area (Å²) >= 11 is 3.31. The van der Waals surface area contributed by atoms with E-state index in [9.17, 15) is 13.2 Å². The van der Waals surface area contributed by atoms with Gasteiger partial charge in [-0.25, -0.2) is 13.1 Å². The Kier molecular flexibility index (Phi) is 7.70. The van der Waals surface area contributed by atoms with Crippen LogP contribution in [0.1, 0.15) is 50.4 Å². The summed E-state index contributed by atoms with van der Waals surface area (Å²) in [5.74, 6) is 0.373. The molecule has 0 aliphatic rings. The van der Waals surface area contributed by atoms with Crippen LogP contribution >= 0.6 is 15.9 Å². The average Bonchev–Trinajstić information content (AvgIpc) is 2.46. The Morgan fingerprint density at radius 2 is 1.87 bits per heavy atom. The second-order valence-electron chi connectivity index (χ2n) is 6.05. The summed E-state index contributed by atoms with van der Waals surface area (Å²) in [6.07, 6.45) is 3.07. The quantitative estimate of drug-likeness (QED) is 0.697. The predicted octanol–water partition coefficient (Wildman–Crippen LogP) is 3.30. The van der Waals surface area contributed by atoms with Crippen LogP contribution < -0.4 is 10.0 Å². The third kappa shape index (κ3) is 6.24. The van der Waals surface area contributed by atoms with Crippen molar-refractivity contribution < 1.29 is 13.2 Å². The smallest absolute Gasteiger partial charge is 0.252 e. The summed E-state index contributed by atoms with van der Waals surface area (Å²) in [7, 11) is -2.23. The van der Waals surface area contributed by atoms with Crippen molar-refractivity contribution in [1.82, 2.24) is 10.0 Å². The van der Waals surface area contributed by atoms with Crippen LogP contribution in [0.4, 0.5) is 0 Å². The lowest BCUT2D eigenvalue weighted by atomic mass is 10.0. The summed E-state index contributed by atoms with van der Waals surface area (Å²) in [5, 5.41) is 2.92. The van der Waals surface area contributed by atoms with Gasteiger partial charge in [-0.1, -0.05) is 26.7 Å². The van der Waals surface area contributed by atoms with E-state index in [1.165, 1.54) is 19.2 Å². The van der Waals surface area contributed by atoms with Gasteiger partial charge in [-0.2, -0.15) is 0 Å². The van der Waals surface area contributed by atoms with E-state index in [4.69, 9.17) is 0 Å². The number of amides is 1. The van der Waals surface area contributed by atoms with Gasteiger partial charge in [0.15, 0.2) is 0 Å². The maximum atomic E-state index is 12.4. The van der Waals surface area contributed by atoms with E-state index in [2.05, 4.69) is 39.8 Å². The third-order valence-corrected chi connectivity index (χ3v) is 5.66. The maximum Gasteiger partial charge on any atom is 0.252 e. The van der Waals surface area contributed by atoms with Crippen molar-refractivity contribution in [1.29, 1.82) is 0 Å². The van der Waals surface area contributed by atoms with Gasteiger partial charge in [0, 0.05) is 10.5 Å². The zero-order valence-electron chi connectivity index (χ0n) is 14.0. The molecule has 2 N–H and O–H groups in total. The Balaban J connectivity index is 2.81. The van der Waals surface area contributed by atoms with E-state index in [-0.39, 0.29) is 16.8 Å². The largest absolute Gasteiger partial charge is 0.350 e. The summed E-state index contributed by atoms with van der Waals surface area (Å²) in [6.45, 7) is 6.31.